The average molecular weight is 415 g/mol. The number of carbonyl (C=O) groups excluding carboxylic acids is 1. The maximum absolute atomic E-state index is 12.4. The molecule has 0 spiro atoms. The van der Waals surface area contributed by atoms with Crippen molar-refractivity contribution in [2.45, 2.75) is 12.8 Å². The van der Waals surface area contributed by atoms with Gasteiger partial charge in [-0.25, -0.2) is 0 Å². The van der Waals surface area contributed by atoms with Crippen molar-refractivity contribution in [3.63, 3.8) is 0 Å². The fraction of sp³-hybridized carbons (Fsp3) is 0.435. The normalized spacial score (nSPS) is 14.3. The lowest BCUT2D eigenvalue weighted by atomic mass is 10.1. The van der Waals surface area contributed by atoms with Crippen LogP contribution in [-0.2, 0) is 11.2 Å². The van der Waals surface area contributed by atoms with Crippen LogP contribution in [0.4, 0.5) is 11.4 Å². The van der Waals surface area contributed by atoms with Crippen molar-refractivity contribution in [1.29, 1.82) is 0 Å². The third-order valence-electron chi connectivity index (χ3n) is 5.50. The summed E-state index contributed by atoms with van der Waals surface area (Å²) < 4.78 is 16.1. The van der Waals surface area contributed by atoms with Crippen molar-refractivity contribution in [3.05, 3.63) is 42.0 Å². The first kappa shape index (κ1) is 21.8. The second-order valence-corrected chi connectivity index (χ2v) is 7.57. The molecular weight excluding hydrogens is 382 g/mol. The standard InChI is InChI=1S/C23H31N3O4/c1-25-11-13-26(14-12-25)19-8-6-18(7-9-19)24-22(27)10-5-17-15-20(28-2)23(30-4)21(16-17)29-3/h6-9,15-16H,5,10-14H2,1-4H3,(H,24,27)/p+1. The van der Waals surface area contributed by atoms with Crippen LogP contribution in [0.2, 0.25) is 0 Å². The van der Waals surface area contributed by atoms with Crippen LogP contribution >= 0.6 is 0 Å². The number of rotatable bonds is 8. The zero-order valence-corrected chi connectivity index (χ0v) is 18.3. The highest BCUT2D eigenvalue weighted by molar-refractivity contribution is 5.91. The number of piperazine rings is 1. The number of hydrogen-bond donors (Lipinski definition) is 2. The van der Waals surface area contributed by atoms with Crippen LogP contribution in [0.1, 0.15) is 12.0 Å². The SMILES string of the molecule is COc1cc(CCC(=O)Nc2ccc(N3CC[NH+](C)CC3)cc2)cc(OC)c1OC. The van der Waals surface area contributed by atoms with Gasteiger partial charge in [0.1, 0.15) is 0 Å². The van der Waals surface area contributed by atoms with Gasteiger partial charge in [-0.2, -0.15) is 0 Å². The van der Waals surface area contributed by atoms with Crippen molar-refractivity contribution in [3.8, 4) is 17.2 Å². The van der Waals surface area contributed by atoms with Crippen LogP contribution in [0.15, 0.2) is 36.4 Å². The predicted octanol–water partition coefficient (Wildman–Crippen LogP) is 1.62. The van der Waals surface area contributed by atoms with E-state index in [-0.39, 0.29) is 5.91 Å². The summed E-state index contributed by atoms with van der Waals surface area (Å²) in [5.74, 6) is 1.71. The first-order valence-corrected chi connectivity index (χ1v) is 10.3. The van der Waals surface area contributed by atoms with Gasteiger partial charge in [0, 0.05) is 17.8 Å². The third kappa shape index (κ3) is 5.36. The van der Waals surface area contributed by atoms with Gasteiger partial charge < -0.3 is 29.3 Å². The molecule has 1 fully saturated rings. The van der Waals surface area contributed by atoms with E-state index >= 15 is 0 Å². The summed E-state index contributed by atoms with van der Waals surface area (Å²) >= 11 is 0. The summed E-state index contributed by atoms with van der Waals surface area (Å²) in [6.45, 7) is 4.43. The number of benzene rings is 2. The molecule has 2 N–H and O–H groups in total. The van der Waals surface area contributed by atoms with E-state index in [2.05, 4.69) is 29.4 Å². The molecule has 2 aromatic carbocycles. The van der Waals surface area contributed by atoms with Crippen molar-refractivity contribution >= 4 is 17.3 Å². The highest BCUT2D eigenvalue weighted by Crippen LogP contribution is 2.38. The molecule has 2 aromatic rings. The molecule has 1 heterocycles. The molecule has 7 heteroatoms. The van der Waals surface area contributed by atoms with E-state index in [9.17, 15) is 4.79 Å². The Bertz CT molecular complexity index is 821. The number of carbonyl (C=O) groups is 1. The Hall–Kier alpha value is -2.93. The molecule has 30 heavy (non-hydrogen) atoms. The number of nitrogens with one attached hydrogen (secondary N) is 2. The number of ether oxygens (including phenoxy) is 3. The minimum atomic E-state index is -0.0281. The fourth-order valence-corrected chi connectivity index (χ4v) is 3.66. The van der Waals surface area contributed by atoms with E-state index < -0.39 is 0 Å². The molecule has 1 aliphatic heterocycles. The molecule has 1 saturated heterocycles. The summed E-state index contributed by atoms with van der Waals surface area (Å²) in [5, 5.41) is 2.98. The molecule has 1 amide bonds. The third-order valence-corrected chi connectivity index (χ3v) is 5.50. The summed E-state index contributed by atoms with van der Waals surface area (Å²) in [5.41, 5.74) is 2.97. The lowest BCUT2D eigenvalue weighted by Gasteiger charge is -2.31. The Balaban J connectivity index is 1.56. The maximum Gasteiger partial charge on any atom is 0.224 e. The van der Waals surface area contributed by atoms with Crippen LogP contribution in [0.3, 0.4) is 0 Å². The predicted molar refractivity (Wildman–Crippen MR) is 118 cm³/mol. The summed E-state index contributed by atoms with van der Waals surface area (Å²) in [6, 6.07) is 11.9. The lowest BCUT2D eigenvalue weighted by Crippen LogP contribution is -3.12. The Morgan fingerprint density at radius 2 is 1.60 bits per heavy atom. The molecule has 0 aromatic heterocycles. The van der Waals surface area contributed by atoms with E-state index in [1.165, 1.54) is 5.69 Å². The number of nitrogens with zero attached hydrogens (tertiary/aromatic N) is 1. The molecule has 3 rings (SSSR count). The average Bonchev–Trinajstić information content (AvgIpc) is 2.78. The number of likely N-dealkylation sites (N-methyl/N-ethyl adjacent to an activating group) is 1. The maximum atomic E-state index is 12.4. The molecule has 0 unspecified atom stereocenters. The van der Waals surface area contributed by atoms with Crippen LogP contribution in [-0.4, -0.2) is 60.5 Å². The number of anilines is 2. The Kier molecular flexibility index (Phi) is 7.41. The molecule has 0 aliphatic carbocycles. The van der Waals surface area contributed by atoms with Crippen molar-refractivity contribution < 1.29 is 23.9 Å². The van der Waals surface area contributed by atoms with E-state index in [4.69, 9.17) is 14.2 Å². The number of hydrogen-bond acceptors (Lipinski definition) is 5. The first-order valence-electron chi connectivity index (χ1n) is 10.3. The Morgan fingerprint density at radius 1 is 1.00 bits per heavy atom. The zero-order chi connectivity index (χ0) is 21.5. The van der Waals surface area contributed by atoms with Gasteiger partial charge in [-0.3, -0.25) is 4.79 Å². The molecule has 0 radical (unpaired) electrons. The second-order valence-electron chi connectivity index (χ2n) is 7.57. The number of amides is 1. The highest BCUT2D eigenvalue weighted by Gasteiger charge is 2.17. The van der Waals surface area contributed by atoms with Crippen LogP contribution < -0.4 is 29.3 Å². The molecule has 7 nitrogen and oxygen atoms in total. The van der Waals surface area contributed by atoms with E-state index in [0.717, 1.165) is 37.4 Å². The molecule has 0 bridgehead atoms. The van der Waals surface area contributed by atoms with Gasteiger partial charge in [-0.15, -0.1) is 0 Å². The van der Waals surface area contributed by atoms with Gasteiger partial charge in [0.25, 0.3) is 0 Å². The van der Waals surface area contributed by atoms with E-state index in [1.807, 2.05) is 24.3 Å². The summed E-state index contributed by atoms with van der Waals surface area (Å²) in [6.07, 6.45) is 0.936. The fourth-order valence-electron chi connectivity index (χ4n) is 3.66. The van der Waals surface area contributed by atoms with Crippen LogP contribution in [0.5, 0.6) is 17.2 Å². The van der Waals surface area contributed by atoms with E-state index in [0.29, 0.717) is 30.1 Å². The highest BCUT2D eigenvalue weighted by atomic mass is 16.5. The summed E-state index contributed by atoms with van der Waals surface area (Å²) in [7, 11) is 6.97. The smallest absolute Gasteiger partial charge is 0.224 e. The second kappa shape index (κ2) is 10.2. The molecular formula is C23H32N3O4+. The monoisotopic (exact) mass is 414 g/mol. The van der Waals surface area contributed by atoms with Gasteiger partial charge in [0.05, 0.1) is 54.6 Å². The largest absolute Gasteiger partial charge is 0.493 e. The van der Waals surface area contributed by atoms with Gasteiger partial charge >= 0.3 is 0 Å². The van der Waals surface area contributed by atoms with Crippen molar-refractivity contribution in [1.82, 2.24) is 0 Å². The molecule has 1 aliphatic rings. The quantitative estimate of drug-likeness (QED) is 0.687. The van der Waals surface area contributed by atoms with Crippen LogP contribution in [0, 0.1) is 0 Å². The number of methoxy groups -OCH3 is 3. The van der Waals surface area contributed by atoms with Gasteiger partial charge in [0.15, 0.2) is 11.5 Å². The minimum Gasteiger partial charge on any atom is -0.493 e. The Labute approximate surface area is 178 Å². The summed E-state index contributed by atoms with van der Waals surface area (Å²) in [4.78, 5) is 16.4. The number of quaternary nitrogens is 1. The van der Waals surface area contributed by atoms with Crippen molar-refractivity contribution in [2.24, 2.45) is 0 Å². The topological polar surface area (TPSA) is 64.5 Å². The molecule has 162 valence electrons. The van der Waals surface area contributed by atoms with Gasteiger partial charge in [-0.05, 0) is 48.4 Å². The van der Waals surface area contributed by atoms with Crippen molar-refractivity contribution in [2.75, 3.05) is 64.8 Å². The first-order chi connectivity index (χ1) is 14.5. The van der Waals surface area contributed by atoms with E-state index in [1.54, 1.807) is 26.2 Å². The van der Waals surface area contributed by atoms with Gasteiger partial charge in [0.2, 0.25) is 11.7 Å². The van der Waals surface area contributed by atoms with Gasteiger partial charge in [-0.1, -0.05) is 0 Å². The van der Waals surface area contributed by atoms with Crippen LogP contribution in [0.25, 0.3) is 0 Å². The Morgan fingerprint density at radius 3 is 2.13 bits per heavy atom. The lowest BCUT2D eigenvalue weighted by molar-refractivity contribution is -0.880. The molecule has 0 saturated carbocycles. The number of aryl methyl sites for hydroxylation is 1. The zero-order valence-electron chi connectivity index (χ0n) is 18.3. The minimum absolute atomic E-state index is 0.0281. The molecule has 0 atom stereocenters.